The summed E-state index contributed by atoms with van der Waals surface area (Å²) < 4.78 is 11.7. The van der Waals surface area contributed by atoms with Crippen molar-refractivity contribution in [2.45, 2.75) is 6.54 Å². The predicted molar refractivity (Wildman–Crippen MR) is 87.9 cm³/mol. The molecular formula is C17H19N3O4. The van der Waals surface area contributed by atoms with Crippen molar-refractivity contribution in [3.05, 3.63) is 47.0 Å². The summed E-state index contributed by atoms with van der Waals surface area (Å²) in [6.07, 6.45) is 1.42. The van der Waals surface area contributed by atoms with Crippen LogP contribution >= 0.6 is 0 Å². The Morgan fingerprint density at radius 1 is 1.25 bits per heavy atom. The summed E-state index contributed by atoms with van der Waals surface area (Å²) in [6, 6.07) is 8.73. The molecule has 1 aliphatic heterocycles. The monoisotopic (exact) mass is 329 g/mol. The summed E-state index contributed by atoms with van der Waals surface area (Å²) in [6.45, 7) is 2.19. The quantitative estimate of drug-likeness (QED) is 0.829. The summed E-state index contributed by atoms with van der Waals surface area (Å²) in [4.78, 5) is 30.5. The van der Waals surface area contributed by atoms with E-state index in [1.807, 2.05) is 24.3 Å². The van der Waals surface area contributed by atoms with Gasteiger partial charge in [0.15, 0.2) is 0 Å². The number of amides is 1. The maximum atomic E-state index is 12.3. The highest BCUT2D eigenvalue weighted by atomic mass is 16.5. The van der Waals surface area contributed by atoms with Crippen LogP contribution in [-0.4, -0.2) is 53.8 Å². The molecule has 2 aromatic rings. The minimum Gasteiger partial charge on any atom is -0.497 e. The molecule has 0 radical (unpaired) electrons. The number of benzene rings is 1. The smallest absolute Gasteiger partial charge is 0.254 e. The first-order valence-corrected chi connectivity index (χ1v) is 7.74. The molecule has 0 saturated carbocycles. The van der Waals surface area contributed by atoms with Crippen molar-refractivity contribution < 1.29 is 14.3 Å². The van der Waals surface area contributed by atoms with E-state index in [0.29, 0.717) is 32.0 Å². The topological polar surface area (TPSA) is 73.7 Å². The van der Waals surface area contributed by atoms with Crippen LogP contribution < -0.4 is 10.3 Å². The van der Waals surface area contributed by atoms with Gasteiger partial charge in [0, 0.05) is 24.7 Å². The number of nitrogens with zero attached hydrogens (tertiary/aromatic N) is 3. The zero-order valence-electron chi connectivity index (χ0n) is 13.5. The van der Waals surface area contributed by atoms with Gasteiger partial charge < -0.3 is 14.4 Å². The third-order valence-corrected chi connectivity index (χ3v) is 3.93. The Hall–Kier alpha value is -2.67. The molecule has 0 unspecified atom stereocenters. The standard InChI is InChI=1S/C17H19N3O4/c1-23-14-4-2-13(3-5-14)15-10-16(21)20(12-18-15)11-17(22)19-6-8-24-9-7-19/h2-5,10,12H,6-9,11H2,1H3. The molecule has 1 amide bonds. The lowest BCUT2D eigenvalue weighted by Crippen LogP contribution is -2.43. The second-order valence-electron chi connectivity index (χ2n) is 5.46. The third kappa shape index (κ3) is 3.62. The summed E-state index contributed by atoms with van der Waals surface area (Å²) in [5, 5.41) is 0. The molecule has 0 spiro atoms. The van der Waals surface area contributed by atoms with Crippen LogP contribution in [-0.2, 0) is 16.1 Å². The Labute approximate surface area is 139 Å². The van der Waals surface area contributed by atoms with E-state index in [1.165, 1.54) is 17.0 Å². The average molecular weight is 329 g/mol. The number of hydrogen-bond acceptors (Lipinski definition) is 5. The Morgan fingerprint density at radius 3 is 2.58 bits per heavy atom. The number of carbonyl (C=O) groups is 1. The van der Waals surface area contributed by atoms with E-state index >= 15 is 0 Å². The number of rotatable bonds is 4. The van der Waals surface area contributed by atoms with Gasteiger partial charge in [0.1, 0.15) is 12.3 Å². The first-order valence-electron chi connectivity index (χ1n) is 7.74. The Balaban J connectivity index is 1.74. The number of aromatic nitrogens is 2. The second-order valence-corrected chi connectivity index (χ2v) is 5.46. The molecule has 1 fully saturated rings. The van der Waals surface area contributed by atoms with Gasteiger partial charge >= 0.3 is 0 Å². The van der Waals surface area contributed by atoms with E-state index in [-0.39, 0.29) is 18.0 Å². The summed E-state index contributed by atoms with van der Waals surface area (Å²) in [5.74, 6) is 0.641. The molecule has 7 nitrogen and oxygen atoms in total. The summed E-state index contributed by atoms with van der Waals surface area (Å²) in [7, 11) is 1.60. The number of morpholine rings is 1. The molecule has 0 N–H and O–H groups in total. The predicted octanol–water partition coefficient (Wildman–Crippen LogP) is 0.778. The van der Waals surface area contributed by atoms with Crippen molar-refractivity contribution in [2.24, 2.45) is 0 Å². The zero-order chi connectivity index (χ0) is 16.9. The van der Waals surface area contributed by atoms with Crippen LogP contribution in [0.5, 0.6) is 5.75 Å². The Morgan fingerprint density at radius 2 is 1.96 bits per heavy atom. The minimum absolute atomic E-state index is 0.00523. The van der Waals surface area contributed by atoms with E-state index in [4.69, 9.17) is 9.47 Å². The van der Waals surface area contributed by atoms with Crippen molar-refractivity contribution in [1.29, 1.82) is 0 Å². The lowest BCUT2D eigenvalue weighted by Gasteiger charge is -2.26. The highest BCUT2D eigenvalue weighted by Crippen LogP contribution is 2.19. The molecular weight excluding hydrogens is 310 g/mol. The molecule has 0 aliphatic carbocycles. The van der Waals surface area contributed by atoms with Crippen LogP contribution in [0.2, 0.25) is 0 Å². The van der Waals surface area contributed by atoms with E-state index in [1.54, 1.807) is 12.0 Å². The van der Waals surface area contributed by atoms with E-state index in [2.05, 4.69) is 4.98 Å². The zero-order valence-corrected chi connectivity index (χ0v) is 13.5. The lowest BCUT2D eigenvalue weighted by atomic mass is 10.1. The van der Waals surface area contributed by atoms with Crippen LogP contribution in [0.15, 0.2) is 41.5 Å². The van der Waals surface area contributed by atoms with Crippen molar-refractivity contribution in [1.82, 2.24) is 14.5 Å². The van der Waals surface area contributed by atoms with Crippen LogP contribution in [0.25, 0.3) is 11.3 Å². The molecule has 1 aromatic heterocycles. The van der Waals surface area contributed by atoms with Gasteiger partial charge in [-0.2, -0.15) is 0 Å². The van der Waals surface area contributed by atoms with Gasteiger partial charge in [-0.25, -0.2) is 4.98 Å². The molecule has 7 heteroatoms. The maximum absolute atomic E-state index is 12.3. The molecule has 1 aromatic carbocycles. The van der Waals surface area contributed by atoms with Gasteiger partial charge in [0.25, 0.3) is 5.56 Å². The third-order valence-electron chi connectivity index (χ3n) is 3.93. The SMILES string of the molecule is COc1ccc(-c2cc(=O)n(CC(=O)N3CCOCC3)cn2)cc1. The largest absolute Gasteiger partial charge is 0.497 e. The van der Waals surface area contributed by atoms with Crippen LogP contribution in [0.3, 0.4) is 0 Å². The van der Waals surface area contributed by atoms with Gasteiger partial charge in [-0.1, -0.05) is 0 Å². The van der Waals surface area contributed by atoms with Gasteiger partial charge in [-0.15, -0.1) is 0 Å². The number of methoxy groups -OCH3 is 1. The minimum atomic E-state index is -0.252. The van der Waals surface area contributed by atoms with Gasteiger partial charge in [0.2, 0.25) is 5.91 Å². The lowest BCUT2D eigenvalue weighted by molar-refractivity contribution is -0.135. The molecule has 126 valence electrons. The van der Waals surface area contributed by atoms with Crippen LogP contribution in [0, 0.1) is 0 Å². The summed E-state index contributed by atoms with van der Waals surface area (Å²) >= 11 is 0. The first-order chi connectivity index (χ1) is 11.7. The van der Waals surface area contributed by atoms with Crippen molar-refractivity contribution in [2.75, 3.05) is 33.4 Å². The molecule has 1 aliphatic rings. The van der Waals surface area contributed by atoms with Crippen molar-refractivity contribution in [3.63, 3.8) is 0 Å². The number of ether oxygens (including phenoxy) is 2. The van der Waals surface area contributed by atoms with E-state index in [9.17, 15) is 9.59 Å². The van der Waals surface area contributed by atoms with E-state index in [0.717, 1.165) is 11.3 Å². The first kappa shape index (κ1) is 16.2. The summed E-state index contributed by atoms with van der Waals surface area (Å²) in [5.41, 5.74) is 1.13. The number of carbonyl (C=O) groups excluding carboxylic acids is 1. The molecule has 3 rings (SSSR count). The molecule has 0 atom stereocenters. The molecule has 1 saturated heterocycles. The van der Waals surface area contributed by atoms with E-state index < -0.39 is 0 Å². The van der Waals surface area contributed by atoms with Gasteiger partial charge in [0.05, 0.1) is 32.3 Å². The Kier molecular flexibility index (Phi) is 4.90. The maximum Gasteiger partial charge on any atom is 0.254 e. The van der Waals surface area contributed by atoms with Crippen LogP contribution in [0.4, 0.5) is 0 Å². The average Bonchev–Trinajstić information content (AvgIpc) is 2.64. The van der Waals surface area contributed by atoms with Crippen molar-refractivity contribution >= 4 is 5.91 Å². The molecule has 0 bridgehead atoms. The second kappa shape index (κ2) is 7.27. The fourth-order valence-electron chi connectivity index (χ4n) is 2.52. The van der Waals surface area contributed by atoms with Gasteiger partial charge in [-0.3, -0.25) is 14.2 Å². The Bertz CT molecular complexity index is 764. The molecule has 2 heterocycles. The fraction of sp³-hybridized carbons (Fsp3) is 0.353. The van der Waals surface area contributed by atoms with Crippen LogP contribution in [0.1, 0.15) is 0 Å². The molecule has 24 heavy (non-hydrogen) atoms. The van der Waals surface area contributed by atoms with Gasteiger partial charge in [-0.05, 0) is 24.3 Å². The van der Waals surface area contributed by atoms with Crippen molar-refractivity contribution in [3.8, 4) is 17.0 Å². The number of hydrogen-bond donors (Lipinski definition) is 0. The fourth-order valence-corrected chi connectivity index (χ4v) is 2.52. The normalized spacial score (nSPS) is 14.5. The highest BCUT2D eigenvalue weighted by Gasteiger charge is 2.17. The highest BCUT2D eigenvalue weighted by molar-refractivity contribution is 5.76.